The van der Waals surface area contributed by atoms with E-state index in [9.17, 15) is 4.79 Å². The minimum atomic E-state index is 0.133. The zero-order valence-corrected chi connectivity index (χ0v) is 14.3. The summed E-state index contributed by atoms with van der Waals surface area (Å²) in [5.41, 5.74) is 0. The van der Waals surface area contributed by atoms with Gasteiger partial charge in [-0.25, -0.2) is 0 Å². The molecule has 2 aliphatic rings. The highest BCUT2D eigenvalue weighted by molar-refractivity contribution is 5.79. The zero-order chi connectivity index (χ0) is 16.2. The third-order valence-electron chi connectivity index (χ3n) is 5.25. The van der Waals surface area contributed by atoms with E-state index in [-0.39, 0.29) is 12.0 Å². The van der Waals surface area contributed by atoms with E-state index in [1.165, 1.54) is 19.3 Å². The van der Waals surface area contributed by atoms with Crippen LogP contribution in [0, 0.1) is 5.92 Å². The average molecular weight is 320 g/mol. The Kier molecular flexibility index (Phi) is 5.30. The summed E-state index contributed by atoms with van der Waals surface area (Å²) in [6, 6.07) is 0.133. The van der Waals surface area contributed by atoms with Crippen LogP contribution in [-0.2, 0) is 11.2 Å². The first-order valence-corrected chi connectivity index (χ1v) is 9.04. The number of nitrogens with zero attached hydrogens (tertiary/aromatic N) is 4. The number of likely N-dealkylation sites (tertiary alicyclic amines) is 2. The molecule has 3 heterocycles. The van der Waals surface area contributed by atoms with E-state index in [0.717, 1.165) is 51.3 Å². The van der Waals surface area contributed by atoms with Crippen LogP contribution in [0.3, 0.4) is 0 Å². The average Bonchev–Trinajstić information content (AvgIpc) is 3.10. The minimum Gasteiger partial charge on any atom is -0.342 e. The minimum absolute atomic E-state index is 0.133. The van der Waals surface area contributed by atoms with Gasteiger partial charge in [-0.2, -0.15) is 4.98 Å². The van der Waals surface area contributed by atoms with Gasteiger partial charge in [-0.05, 0) is 52.1 Å². The summed E-state index contributed by atoms with van der Waals surface area (Å²) in [6.45, 7) is 7.90. The van der Waals surface area contributed by atoms with Crippen LogP contribution in [0.5, 0.6) is 0 Å². The number of aryl methyl sites for hydroxylation is 1. The summed E-state index contributed by atoms with van der Waals surface area (Å²) in [5, 5.41) is 3.98. The standard InChI is InChI=1S/C17H28N4O2/c1-3-15-18-16(23-19-15)13(2)20-11-7-14(8-12-20)17(22)21-9-5-4-6-10-21/h13-14H,3-12H2,1-2H3. The monoisotopic (exact) mass is 320 g/mol. The smallest absolute Gasteiger partial charge is 0.243 e. The molecule has 2 saturated heterocycles. The summed E-state index contributed by atoms with van der Waals surface area (Å²) in [7, 11) is 0. The number of amides is 1. The van der Waals surface area contributed by atoms with Gasteiger partial charge in [0, 0.05) is 25.4 Å². The molecule has 1 amide bonds. The summed E-state index contributed by atoms with van der Waals surface area (Å²) in [4.78, 5) is 21.5. The van der Waals surface area contributed by atoms with Gasteiger partial charge in [0.15, 0.2) is 5.82 Å². The Morgan fingerprint density at radius 2 is 1.91 bits per heavy atom. The predicted octanol–water partition coefficient (Wildman–Crippen LogP) is 2.42. The molecule has 0 aliphatic carbocycles. The lowest BCUT2D eigenvalue weighted by Gasteiger charge is -2.37. The van der Waals surface area contributed by atoms with Crippen molar-refractivity contribution in [3.8, 4) is 0 Å². The van der Waals surface area contributed by atoms with E-state index >= 15 is 0 Å². The molecule has 23 heavy (non-hydrogen) atoms. The van der Waals surface area contributed by atoms with Gasteiger partial charge in [0.25, 0.3) is 0 Å². The molecule has 6 heteroatoms. The highest BCUT2D eigenvalue weighted by Gasteiger charge is 2.32. The molecule has 1 unspecified atom stereocenters. The van der Waals surface area contributed by atoms with Crippen LogP contribution in [0.15, 0.2) is 4.52 Å². The fraction of sp³-hybridized carbons (Fsp3) is 0.824. The maximum atomic E-state index is 12.6. The number of hydrogen-bond donors (Lipinski definition) is 0. The summed E-state index contributed by atoms with van der Waals surface area (Å²) < 4.78 is 5.36. The van der Waals surface area contributed by atoms with Gasteiger partial charge < -0.3 is 9.42 Å². The molecular weight excluding hydrogens is 292 g/mol. The highest BCUT2D eigenvalue weighted by Crippen LogP contribution is 2.27. The molecule has 0 aromatic carbocycles. The van der Waals surface area contributed by atoms with Gasteiger partial charge in [0.05, 0.1) is 6.04 Å². The molecule has 2 aliphatic heterocycles. The fourth-order valence-electron chi connectivity index (χ4n) is 3.64. The largest absolute Gasteiger partial charge is 0.342 e. The Morgan fingerprint density at radius 3 is 2.52 bits per heavy atom. The Balaban J connectivity index is 1.52. The number of aromatic nitrogens is 2. The highest BCUT2D eigenvalue weighted by atomic mass is 16.5. The van der Waals surface area contributed by atoms with Crippen molar-refractivity contribution in [1.29, 1.82) is 0 Å². The summed E-state index contributed by atoms with van der Waals surface area (Å²) >= 11 is 0. The Morgan fingerprint density at radius 1 is 1.22 bits per heavy atom. The second kappa shape index (κ2) is 7.43. The first-order valence-electron chi connectivity index (χ1n) is 9.04. The van der Waals surface area contributed by atoms with Crippen molar-refractivity contribution in [3.63, 3.8) is 0 Å². The van der Waals surface area contributed by atoms with E-state index in [4.69, 9.17) is 4.52 Å². The lowest BCUT2D eigenvalue weighted by atomic mass is 9.93. The van der Waals surface area contributed by atoms with E-state index in [2.05, 4.69) is 26.9 Å². The summed E-state index contributed by atoms with van der Waals surface area (Å²) in [5.74, 6) is 2.04. The fourth-order valence-corrected chi connectivity index (χ4v) is 3.64. The van der Waals surface area contributed by atoms with Crippen LogP contribution in [0.2, 0.25) is 0 Å². The number of piperidine rings is 2. The van der Waals surface area contributed by atoms with Gasteiger partial charge in [-0.1, -0.05) is 12.1 Å². The van der Waals surface area contributed by atoms with Crippen LogP contribution < -0.4 is 0 Å². The topological polar surface area (TPSA) is 62.5 Å². The summed E-state index contributed by atoms with van der Waals surface area (Å²) in [6.07, 6.45) is 6.27. The van der Waals surface area contributed by atoms with E-state index in [1.807, 2.05) is 6.92 Å². The van der Waals surface area contributed by atoms with Crippen molar-refractivity contribution >= 4 is 5.91 Å². The molecule has 128 valence electrons. The van der Waals surface area contributed by atoms with Crippen molar-refractivity contribution in [2.24, 2.45) is 5.92 Å². The molecule has 0 bridgehead atoms. The lowest BCUT2D eigenvalue weighted by Crippen LogP contribution is -2.44. The Bertz CT molecular complexity index is 516. The molecule has 0 radical (unpaired) electrons. The molecule has 6 nitrogen and oxygen atoms in total. The lowest BCUT2D eigenvalue weighted by molar-refractivity contribution is -0.138. The number of rotatable bonds is 4. The number of hydrogen-bond acceptors (Lipinski definition) is 5. The Hall–Kier alpha value is -1.43. The zero-order valence-electron chi connectivity index (χ0n) is 14.3. The molecule has 2 fully saturated rings. The van der Waals surface area contributed by atoms with Crippen molar-refractivity contribution in [2.45, 2.75) is 58.4 Å². The van der Waals surface area contributed by atoms with Crippen LogP contribution >= 0.6 is 0 Å². The second-order valence-corrected chi connectivity index (χ2v) is 6.77. The second-order valence-electron chi connectivity index (χ2n) is 6.77. The molecule has 3 rings (SSSR count). The molecule has 0 N–H and O–H groups in total. The van der Waals surface area contributed by atoms with Gasteiger partial charge in [0.1, 0.15) is 0 Å². The van der Waals surface area contributed by atoms with E-state index in [0.29, 0.717) is 11.8 Å². The van der Waals surface area contributed by atoms with Gasteiger partial charge in [-0.15, -0.1) is 0 Å². The van der Waals surface area contributed by atoms with Crippen LogP contribution in [-0.4, -0.2) is 52.0 Å². The van der Waals surface area contributed by atoms with Crippen LogP contribution in [0.1, 0.15) is 63.7 Å². The third kappa shape index (κ3) is 3.74. The maximum absolute atomic E-state index is 12.6. The predicted molar refractivity (Wildman–Crippen MR) is 86.8 cm³/mol. The first-order chi connectivity index (χ1) is 11.2. The molecule has 1 aromatic rings. The quantitative estimate of drug-likeness (QED) is 0.852. The van der Waals surface area contributed by atoms with E-state index < -0.39 is 0 Å². The van der Waals surface area contributed by atoms with Crippen molar-refractivity contribution < 1.29 is 9.32 Å². The molecule has 0 spiro atoms. The van der Waals surface area contributed by atoms with Crippen LogP contribution in [0.25, 0.3) is 0 Å². The normalized spacial score (nSPS) is 22.3. The van der Waals surface area contributed by atoms with Gasteiger partial charge >= 0.3 is 0 Å². The van der Waals surface area contributed by atoms with Gasteiger partial charge in [-0.3, -0.25) is 9.69 Å². The van der Waals surface area contributed by atoms with E-state index in [1.54, 1.807) is 0 Å². The molecule has 1 aromatic heterocycles. The molecule has 0 saturated carbocycles. The molecule has 1 atom stereocenters. The van der Waals surface area contributed by atoms with Crippen molar-refractivity contribution in [2.75, 3.05) is 26.2 Å². The van der Waals surface area contributed by atoms with Crippen LogP contribution in [0.4, 0.5) is 0 Å². The maximum Gasteiger partial charge on any atom is 0.243 e. The first kappa shape index (κ1) is 16.4. The molecular formula is C17H28N4O2. The van der Waals surface area contributed by atoms with Crippen molar-refractivity contribution in [3.05, 3.63) is 11.7 Å². The van der Waals surface area contributed by atoms with Crippen molar-refractivity contribution in [1.82, 2.24) is 19.9 Å². The Labute approximate surface area is 138 Å². The third-order valence-corrected chi connectivity index (χ3v) is 5.25. The SMILES string of the molecule is CCc1noc(C(C)N2CCC(C(=O)N3CCCCC3)CC2)n1. The number of carbonyl (C=O) groups is 1. The van der Waals surface area contributed by atoms with Gasteiger partial charge in [0.2, 0.25) is 11.8 Å². The number of carbonyl (C=O) groups excluding carboxylic acids is 1.